The monoisotopic (exact) mass is 332 g/mol. The molecule has 0 unspecified atom stereocenters. The minimum Gasteiger partial charge on any atom is -0.397 e. The van der Waals surface area contributed by atoms with Crippen LogP contribution >= 0.6 is 27.5 Å². The summed E-state index contributed by atoms with van der Waals surface area (Å²) >= 11 is 8.89. The zero-order chi connectivity index (χ0) is 13.3. The summed E-state index contributed by atoms with van der Waals surface area (Å²) < 4.78 is 26.6. The van der Waals surface area contributed by atoms with Crippen LogP contribution in [0.15, 0.2) is 34.8 Å². The van der Waals surface area contributed by atoms with Gasteiger partial charge in [0.05, 0.1) is 22.1 Å². The van der Waals surface area contributed by atoms with Gasteiger partial charge in [-0.15, -0.1) is 0 Å². The Morgan fingerprint density at radius 2 is 1.83 bits per heavy atom. The second kappa shape index (κ2) is 5.12. The Labute approximate surface area is 116 Å². The van der Waals surface area contributed by atoms with Crippen molar-refractivity contribution in [2.75, 3.05) is 11.1 Å². The number of nitrogen functional groups attached to an aromatic ring is 1. The summed E-state index contributed by atoms with van der Waals surface area (Å²) in [6.07, 6.45) is 0. The van der Waals surface area contributed by atoms with Gasteiger partial charge in [0.1, 0.15) is 11.6 Å². The zero-order valence-corrected chi connectivity index (χ0v) is 11.3. The molecule has 0 spiro atoms. The van der Waals surface area contributed by atoms with Crippen LogP contribution < -0.4 is 11.1 Å². The molecule has 0 aliphatic rings. The lowest BCUT2D eigenvalue weighted by atomic mass is 10.2. The summed E-state index contributed by atoms with van der Waals surface area (Å²) in [5, 5.41) is 2.91. The smallest absolute Gasteiger partial charge is 0.143 e. The minimum atomic E-state index is -0.585. The van der Waals surface area contributed by atoms with Crippen molar-refractivity contribution < 1.29 is 8.78 Å². The summed E-state index contributed by atoms with van der Waals surface area (Å²) in [6.45, 7) is 0. The molecular formula is C12H8BrClF2N2. The zero-order valence-electron chi connectivity index (χ0n) is 8.98. The second-order valence-corrected chi connectivity index (χ2v) is 4.86. The molecule has 0 saturated heterocycles. The second-order valence-electron chi connectivity index (χ2n) is 3.60. The molecule has 2 rings (SSSR count). The Morgan fingerprint density at radius 1 is 1.11 bits per heavy atom. The van der Waals surface area contributed by atoms with E-state index in [1.807, 2.05) is 0 Å². The van der Waals surface area contributed by atoms with Crippen molar-refractivity contribution in [1.29, 1.82) is 0 Å². The lowest BCUT2D eigenvalue weighted by molar-refractivity contribution is 0.627. The van der Waals surface area contributed by atoms with Crippen molar-refractivity contribution in [3.8, 4) is 0 Å². The normalized spacial score (nSPS) is 10.4. The molecule has 18 heavy (non-hydrogen) atoms. The fourth-order valence-electron chi connectivity index (χ4n) is 1.41. The molecule has 0 aromatic heterocycles. The Kier molecular flexibility index (Phi) is 3.73. The molecule has 2 nitrogen and oxygen atoms in total. The van der Waals surface area contributed by atoms with Gasteiger partial charge in [0.2, 0.25) is 0 Å². The minimum absolute atomic E-state index is 0.0371. The molecular weight excluding hydrogens is 325 g/mol. The van der Waals surface area contributed by atoms with Crippen molar-refractivity contribution in [3.63, 3.8) is 0 Å². The SMILES string of the molecule is Nc1cc(F)c(Cl)cc1Nc1ccc(F)cc1Br. The molecule has 6 heteroatoms. The predicted octanol–water partition coefficient (Wildman–Crippen LogP) is 4.71. The first-order valence-electron chi connectivity index (χ1n) is 4.94. The maximum absolute atomic E-state index is 13.1. The van der Waals surface area contributed by atoms with Crippen LogP contribution in [-0.4, -0.2) is 0 Å². The largest absolute Gasteiger partial charge is 0.397 e. The third-order valence-electron chi connectivity index (χ3n) is 2.29. The van der Waals surface area contributed by atoms with E-state index in [2.05, 4.69) is 21.2 Å². The third kappa shape index (κ3) is 2.73. The molecule has 0 bridgehead atoms. The summed E-state index contributed by atoms with van der Waals surface area (Å²) in [6, 6.07) is 6.65. The highest BCUT2D eigenvalue weighted by atomic mass is 79.9. The van der Waals surface area contributed by atoms with E-state index >= 15 is 0 Å². The Balaban J connectivity index is 2.37. The molecule has 3 N–H and O–H groups in total. The van der Waals surface area contributed by atoms with E-state index in [9.17, 15) is 8.78 Å². The summed E-state index contributed by atoms with van der Waals surface area (Å²) in [5.74, 6) is -0.949. The van der Waals surface area contributed by atoms with Crippen molar-refractivity contribution in [3.05, 3.63) is 51.5 Å². The fraction of sp³-hybridized carbons (Fsp3) is 0. The Hall–Kier alpha value is -1.33. The fourth-order valence-corrected chi connectivity index (χ4v) is 2.02. The molecule has 2 aromatic carbocycles. The van der Waals surface area contributed by atoms with Crippen molar-refractivity contribution in [2.24, 2.45) is 0 Å². The van der Waals surface area contributed by atoms with Crippen LogP contribution in [0.2, 0.25) is 5.02 Å². The van der Waals surface area contributed by atoms with Gasteiger partial charge < -0.3 is 11.1 Å². The van der Waals surface area contributed by atoms with Crippen LogP contribution in [0.3, 0.4) is 0 Å². The Bertz CT molecular complexity index is 605. The van der Waals surface area contributed by atoms with Gasteiger partial charge in [-0.2, -0.15) is 0 Å². The topological polar surface area (TPSA) is 38.0 Å². The van der Waals surface area contributed by atoms with Crippen LogP contribution in [0.25, 0.3) is 0 Å². The maximum Gasteiger partial charge on any atom is 0.143 e. The predicted molar refractivity (Wildman–Crippen MR) is 73.2 cm³/mol. The number of nitrogens with one attached hydrogen (secondary N) is 1. The molecule has 0 atom stereocenters. The summed E-state index contributed by atoms with van der Waals surface area (Å²) in [7, 11) is 0. The molecule has 0 heterocycles. The number of anilines is 3. The lowest BCUT2D eigenvalue weighted by Gasteiger charge is -2.11. The number of nitrogens with two attached hydrogens (primary N) is 1. The summed E-state index contributed by atoms with van der Waals surface area (Å²) in [5.41, 5.74) is 6.94. The van der Waals surface area contributed by atoms with Crippen molar-refractivity contribution >= 4 is 44.6 Å². The van der Waals surface area contributed by atoms with E-state index in [0.29, 0.717) is 15.8 Å². The van der Waals surface area contributed by atoms with Gasteiger partial charge in [0, 0.05) is 10.5 Å². The van der Waals surface area contributed by atoms with Crippen molar-refractivity contribution in [1.82, 2.24) is 0 Å². The first-order valence-corrected chi connectivity index (χ1v) is 6.11. The van der Waals surface area contributed by atoms with Gasteiger partial charge in [0.25, 0.3) is 0 Å². The van der Waals surface area contributed by atoms with Crippen molar-refractivity contribution in [2.45, 2.75) is 0 Å². The molecule has 0 aliphatic heterocycles. The van der Waals surface area contributed by atoms with E-state index < -0.39 is 5.82 Å². The van der Waals surface area contributed by atoms with Crippen LogP contribution in [0.4, 0.5) is 25.8 Å². The van der Waals surface area contributed by atoms with E-state index in [1.54, 1.807) is 0 Å². The molecule has 94 valence electrons. The average Bonchev–Trinajstić information content (AvgIpc) is 2.29. The highest BCUT2D eigenvalue weighted by Crippen LogP contribution is 2.32. The van der Waals surface area contributed by atoms with Crippen LogP contribution in [-0.2, 0) is 0 Å². The average molecular weight is 334 g/mol. The van der Waals surface area contributed by atoms with Gasteiger partial charge in [-0.1, -0.05) is 11.6 Å². The number of hydrogen-bond donors (Lipinski definition) is 2. The van der Waals surface area contributed by atoms with Gasteiger partial charge in [-0.05, 0) is 40.2 Å². The van der Waals surface area contributed by atoms with E-state index in [-0.39, 0.29) is 16.5 Å². The van der Waals surface area contributed by atoms with Crippen LogP contribution in [0, 0.1) is 11.6 Å². The first kappa shape index (κ1) is 13.1. The lowest BCUT2D eigenvalue weighted by Crippen LogP contribution is -1.98. The number of hydrogen-bond acceptors (Lipinski definition) is 2. The quantitative estimate of drug-likeness (QED) is 0.781. The van der Waals surface area contributed by atoms with Gasteiger partial charge >= 0.3 is 0 Å². The van der Waals surface area contributed by atoms with Gasteiger partial charge in [-0.25, -0.2) is 8.78 Å². The van der Waals surface area contributed by atoms with Crippen LogP contribution in [0.5, 0.6) is 0 Å². The molecule has 2 aromatic rings. The maximum atomic E-state index is 13.1. The standard InChI is InChI=1S/C12H8BrClF2N2/c13-7-3-6(15)1-2-11(7)18-12-4-8(14)9(16)5-10(12)17/h1-5,18H,17H2. The summed E-state index contributed by atoms with van der Waals surface area (Å²) in [4.78, 5) is 0. The molecule has 0 radical (unpaired) electrons. The molecule has 0 amide bonds. The van der Waals surface area contributed by atoms with Crippen LogP contribution in [0.1, 0.15) is 0 Å². The number of halogens is 4. The van der Waals surface area contributed by atoms with Gasteiger partial charge in [-0.3, -0.25) is 0 Å². The highest BCUT2D eigenvalue weighted by Gasteiger charge is 2.08. The molecule has 0 aliphatic carbocycles. The Morgan fingerprint density at radius 3 is 2.50 bits per heavy atom. The number of rotatable bonds is 2. The molecule has 0 saturated carbocycles. The van der Waals surface area contributed by atoms with E-state index in [4.69, 9.17) is 17.3 Å². The van der Waals surface area contributed by atoms with E-state index in [1.165, 1.54) is 24.3 Å². The highest BCUT2D eigenvalue weighted by molar-refractivity contribution is 9.10. The molecule has 0 fully saturated rings. The van der Waals surface area contributed by atoms with Gasteiger partial charge in [0.15, 0.2) is 0 Å². The number of benzene rings is 2. The third-order valence-corrected chi connectivity index (χ3v) is 3.24. The first-order chi connectivity index (χ1) is 8.47. The van der Waals surface area contributed by atoms with E-state index in [0.717, 1.165) is 6.07 Å².